The molecule has 1 aromatic carbocycles. The summed E-state index contributed by atoms with van der Waals surface area (Å²) in [5.41, 5.74) is 0.483. The van der Waals surface area contributed by atoms with Crippen molar-refractivity contribution in [3.8, 4) is 0 Å². The molecule has 0 bridgehead atoms. The second-order valence-corrected chi connectivity index (χ2v) is 5.56. The smallest absolute Gasteiger partial charge is 0.313 e. The molecule has 0 unspecified atom stereocenters. The van der Waals surface area contributed by atoms with Crippen molar-refractivity contribution in [2.24, 2.45) is 5.92 Å². The first-order valence-corrected chi connectivity index (χ1v) is 7.35. The molecular weight excluding hydrogens is 316 g/mol. The van der Waals surface area contributed by atoms with Gasteiger partial charge < -0.3 is 10.6 Å². The van der Waals surface area contributed by atoms with Gasteiger partial charge in [0.1, 0.15) is 11.6 Å². The van der Waals surface area contributed by atoms with Crippen molar-refractivity contribution in [2.75, 3.05) is 5.32 Å². The van der Waals surface area contributed by atoms with Crippen LogP contribution in [0.4, 0.5) is 14.5 Å². The van der Waals surface area contributed by atoms with E-state index >= 15 is 0 Å². The second kappa shape index (κ2) is 7.63. The second-order valence-electron chi connectivity index (χ2n) is 5.56. The summed E-state index contributed by atoms with van der Waals surface area (Å²) in [6, 6.07) is 7.32. The summed E-state index contributed by atoms with van der Waals surface area (Å²) in [6.07, 6.45) is 1.59. The standard InChI is InChI=1S/C17H17F2N3O2/c1-10(2)15(14-5-3-4-6-20-14)22-17(24)16(23)21-13-8-11(18)7-12(19)9-13/h3-10,15H,1-2H3,(H,21,23)(H,22,24)/t15-/m1/s1. The van der Waals surface area contributed by atoms with Crippen LogP contribution in [0.2, 0.25) is 0 Å². The third-order valence-corrected chi connectivity index (χ3v) is 3.29. The monoisotopic (exact) mass is 333 g/mol. The fraction of sp³-hybridized carbons (Fsp3) is 0.235. The van der Waals surface area contributed by atoms with Crippen LogP contribution in [-0.4, -0.2) is 16.8 Å². The number of carbonyl (C=O) groups is 2. The van der Waals surface area contributed by atoms with Crippen LogP contribution >= 0.6 is 0 Å². The van der Waals surface area contributed by atoms with E-state index in [1.54, 1.807) is 24.4 Å². The first kappa shape index (κ1) is 17.5. The molecule has 0 radical (unpaired) electrons. The van der Waals surface area contributed by atoms with Gasteiger partial charge in [-0.2, -0.15) is 0 Å². The van der Waals surface area contributed by atoms with Gasteiger partial charge in [-0.15, -0.1) is 0 Å². The highest BCUT2D eigenvalue weighted by Crippen LogP contribution is 2.19. The molecule has 1 heterocycles. The molecule has 2 amide bonds. The van der Waals surface area contributed by atoms with Gasteiger partial charge in [-0.25, -0.2) is 8.78 Å². The topological polar surface area (TPSA) is 71.1 Å². The molecule has 1 aromatic heterocycles. The minimum atomic E-state index is -1.01. The number of amides is 2. The van der Waals surface area contributed by atoms with Crippen molar-refractivity contribution in [1.29, 1.82) is 0 Å². The number of nitrogens with one attached hydrogen (secondary N) is 2. The lowest BCUT2D eigenvalue weighted by Crippen LogP contribution is -2.39. The van der Waals surface area contributed by atoms with Gasteiger partial charge in [-0.05, 0) is 30.2 Å². The Labute approximate surface area is 138 Å². The summed E-state index contributed by atoms with van der Waals surface area (Å²) in [7, 11) is 0. The highest BCUT2D eigenvalue weighted by atomic mass is 19.1. The molecule has 5 nitrogen and oxygen atoms in total. The average Bonchev–Trinajstić information content (AvgIpc) is 2.51. The van der Waals surface area contributed by atoms with E-state index < -0.39 is 29.5 Å². The van der Waals surface area contributed by atoms with Gasteiger partial charge in [0.2, 0.25) is 0 Å². The van der Waals surface area contributed by atoms with Crippen LogP contribution in [0.3, 0.4) is 0 Å². The first-order chi connectivity index (χ1) is 11.4. The number of pyridine rings is 1. The normalized spacial score (nSPS) is 11.9. The van der Waals surface area contributed by atoms with Crippen molar-refractivity contribution in [1.82, 2.24) is 10.3 Å². The zero-order valence-electron chi connectivity index (χ0n) is 13.2. The maximum absolute atomic E-state index is 13.1. The molecule has 0 saturated heterocycles. The van der Waals surface area contributed by atoms with Crippen LogP contribution in [0.5, 0.6) is 0 Å². The Morgan fingerprint density at radius 1 is 1.04 bits per heavy atom. The molecule has 0 aliphatic carbocycles. The van der Waals surface area contributed by atoms with E-state index in [9.17, 15) is 18.4 Å². The predicted molar refractivity (Wildman–Crippen MR) is 84.9 cm³/mol. The molecular formula is C17H17F2N3O2. The summed E-state index contributed by atoms with van der Waals surface area (Å²) in [4.78, 5) is 28.2. The van der Waals surface area contributed by atoms with Crippen LogP contribution in [0.15, 0.2) is 42.6 Å². The van der Waals surface area contributed by atoms with Gasteiger partial charge in [0.25, 0.3) is 0 Å². The molecule has 0 fully saturated rings. The molecule has 1 atom stereocenters. The molecule has 7 heteroatoms. The Kier molecular flexibility index (Phi) is 5.57. The van der Waals surface area contributed by atoms with E-state index in [2.05, 4.69) is 15.6 Å². The number of benzene rings is 1. The zero-order valence-corrected chi connectivity index (χ0v) is 13.2. The third kappa shape index (κ3) is 4.58. The molecule has 0 spiro atoms. The van der Waals surface area contributed by atoms with E-state index in [4.69, 9.17) is 0 Å². The van der Waals surface area contributed by atoms with E-state index in [1.165, 1.54) is 0 Å². The van der Waals surface area contributed by atoms with Gasteiger partial charge in [0, 0.05) is 18.0 Å². The van der Waals surface area contributed by atoms with Crippen LogP contribution in [-0.2, 0) is 9.59 Å². The fourth-order valence-electron chi connectivity index (χ4n) is 2.16. The maximum Gasteiger partial charge on any atom is 0.313 e. The summed E-state index contributed by atoms with van der Waals surface area (Å²) in [6.45, 7) is 3.75. The van der Waals surface area contributed by atoms with Crippen molar-refractivity contribution < 1.29 is 18.4 Å². The largest absolute Gasteiger partial charge is 0.339 e. The molecule has 0 saturated carbocycles. The Morgan fingerprint density at radius 2 is 1.71 bits per heavy atom. The molecule has 2 N–H and O–H groups in total. The van der Waals surface area contributed by atoms with Gasteiger partial charge in [-0.3, -0.25) is 14.6 Å². The van der Waals surface area contributed by atoms with Gasteiger partial charge in [0.05, 0.1) is 11.7 Å². The van der Waals surface area contributed by atoms with E-state index in [0.717, 1.165) is 12.1 Å². The minimum absolute atomic E-state index is 0.0109. The minimum Gasteiger partial charge on any atom is -0.339 e. The van der Waals surface area contributed by atoms with Gasteiger partial charge in [0.15, 0.2) is 0 Å². The summed E-state index contributed by atoms with van der Waals surface area (Å²) >= 11 is 0. The van der Waals surface area contributed by atoms with E-state index in [0.29, 0.717) is 11.8 Å². The number of halogens is 2. The summed E-state index contributed by atoms with van der Waals surface area (Å²) < 4.78 is 26.2. The molecule has 2 rings (SSSR count). The number of hydrogen-bond acceptors (Lipinski definition) is 3. The maximum atomic E-state index is 13.1. The highest BCUT2D eigenvalue weighted by molar-refractivity contribution is 6.39. The van der Waals surface area contributed by atoms with Crippen molar-refractivity contribution in [2.45, 2.75) is 19.9 Å². The van der Waals surface area contributed by atoms with Crippen molar-refractivity contribution >= 4 is 17.5 Å². The van der Waals surface area contributed by atoms with Crippen LogP contribution in [0.1, 0.15) is 25.6 Å². The number of hydrogen-bond donors (Lipinski definition) is 2. The van der Waals surface area contributed by atoms with Crippen LogP contribution < -0.4 is 10.6 Å². The molecule has 0 aliphatic heterocycles. The lowest BCUT2D eigenvalue weighted by Gasteiger charge is -2.21. The lowest BCUT2D eigenvalue weighted by molar-refractivity contribution is -0.136. The predicted octanol–water partition coefficient (Wildman–Crippen LogP) is 2.81. The highest BCUT2D eigenvalue weighted by Gasteiger charge is 2.23. The Balaban J connectivity index is 2.08. The molecule has 24 heavy (non-hydrogen) atoms. The Bertz CT molecular complexity index is 716. The number of aromatic nitrogens is 1. The lowest BCUT2D eigenvalue weighted by atomic mass is 10.0. The van der Waals surface area contributed by atoms with Crippen LogP contribution in [0, 0.1) is 17.6 Å². The number of carbonyl (C=O) groups excluding carboxylic acids is 2. The third-order valence-electron chi connectivity index (χ3n) is 3.29. The molecule has 2 aromatic rings. The number of nitrogens with zero attached hydrogens (tertiary/aromatic N) is 1. The summed E-state index contributed by atoms with van der Waals surface area (Å²) in [5, 5.41) is 4.75. The van der Waals surface area contributed by atoms with Gasteiger partial charge in [-0.1, -0.05) is 19.9 Å². The average molecular weight is 333 g/mol. The molecule has 126 valence electrons. The van der Waals surface area contributed by atoms with Crippen molar-refractivity contribution in [3.63, 3.8) is 0 Å². The van der Waals surface area contributed by atoms with Gasteiger partial charge >= 0.3 is 11.8 Å². The SMILES string of the molecule is CC(C)[C@@H](NC(=O)C(=O)Nc1cc(F)cc(F)c1)c1ccccn1. The first-order valence-electron chi connectivity index (χ1n) is 7.35. The van der Waals surface area contributed by atoms with Crippen LogP contribution in [0.25, 0.3) is 0 Å². The van der Waals surface area contributed by atoms with Crippen molar-refractivity contribution in [3.05, 3.63) is 59.9 Å². The van der Waals surface area contributed by atoms with E-state index in [-0.39, 0.29) is 11.6 Å². The molecule has 0 aliphatic rings. The Morgan fingerprint density at radius 3 is 2.25 bits per heavy atom. The number of anilines is 1. The quantitative estimate of drug-likeness (QED) is 0.845. The van der Waals surface area contributed by atoms with E-state index in [1.807, 2.05) is 13.8 Å². The summed E-state index contributed by atoms with van der Waals surface area (Å²) in [5.74, 6) is -3.63. The fourth-order valence-corrected chi connectivity index (χ4v) is 2.16. The number of rotatable bonds is 4. The Hall–Kier alpha value is -2.83. The zero-order chi connectivity index (χ0) is 17.7.